The molecule has 1 heterocycles. The summed E-state index contributed by atoms with van der Waals surface area (Å²) in [6, 6.07) is 0. The Hall–Kier alpha value is -1.32. The molecule has 0 radical (unpaired) electrons. The molecule has 0 aliphatic carbocycles. The highest BCUT2D eigenvalue weighted by Gasteiger charge is 2.03. The summed E-state index contributed by atoms with van der Waals surface area (Å²) in [6.07, 6.45) is 7.51. The van der Waals surface area contributed by atoms with E-state index in [0.717, 1.165) is 25.9 Å². The Balaban J connectivity index is 2.34. The van der Waals surface area contributed by atoms with Crippen molar-refractivity contribution in [3.8, 4) is 0 Å². The van der Waals surface area contributed by atoms with Crippen LogP contribution in [0, 0.1) is 0 Å². The second kappa shape index (κ2) is 6.22. The van der Waals surface area contributed by atoms with Crippen molar-refractivity contribution in [3.63, 3.8) is 0 Å². The van der Waals surface area contributed by atoms with Crippen LogP contribution >= 0.6 is 0 Å². The zero-order valence-corrected chi connectivity index (χ0v) is 9.19. The molecule has 15 heavy (non-hydrogen) atoms. The topological polar surface area (TPSA) is 21.1 Å². The van der Waals surface area contributed by atoms with Crippen LogP contribution in [0.1, 0.15) is 25.5 Å². The normalized spacial score (nSPS) is 10.3. The van der Waals surface area contributed by atoms with Crippen molar-refractivity contribution >= 4 is 0 Å². The maximum Gasteiger partial charge on any atom is 0.126 e. The highest BCUT2D eigenvalue weighted by molar-refractivity contribution is 4.97. The zero-order valence-electron chi connectivity index (χ0n) is 9.19. The summed E-state index contributed by atoms with van der Waals surface area (Å²) in [5.74, 6) is 0. The van der Waals surface area contributed by atoms with Crippen LogP contribution in [0.4, 0.5) is 4.48 Å². The summed E-state index contributed by atoms with van der Waals surface area (Å²) in [7, 11) is 0. The Morgan fingerprint density at radius 2 is 2.40 bits per heavy atom. The van der Waals surface area contributed by atoms with E-state index in [1.165, 1.54) is 6.33 Å². The first-order chi connectivity index (χ1) is 7.27. The predicted molar refractivity (Wildman–Crippen MR) is 59.1 cm³/mol. The van der Waals surface area contributed by atoms with Gasteiger partial charge in [0, 0.05) is 19.5 Å². The van der Waals surface area contributed by atoms with E-state index in [1.54, 1.807) is 6.20 Å². The number of unbranched alkanes of at least 4 members (excludes halogenated alkanes) is 1. The van der Waals surface area contributed by atoms with E-state index in [0.29, 0.717) is 16.9 Å². The van der Waals surface area contributed by atoms with Crippen LogP contribution in [0.5, 0.6) is 0 Å². The molecule has 0 aliphatic heterocycles. The Labute approximate surface area is 90.2 Å². The smallest absolute Gasteiger partial charge is 0.126 e. The quantitative estimate of drug-likeness (QED) is 0.690. The monoisotopic (exact) mass is 211 g/mol. The van der Waals surface area contributed by atoms with Crippen LogP contribution in [0.2, 0.25) is 0 Å². The number of aromatic nitrogens is 2. The lowest BCUT2D eigenvalue weighted by molar-refractivity contribution is 0.331. The number of hydrogen-bond acceptors (Lipinski definition) is 2. The summed E-state index contributed by atoms with van der Waals surface area (Å²) >= 11 is 0. The van der Waals surface area contributed by atoms with Gasteiger partial charge in [-0.15, -0.1) is 0 Å². The zero-order chi connectivity index (χ0) is 11.1. The average molecular weight is 211 g/mol. The van der Waals surface area contributed by atoms with E-state index in [9.17, 15) is 4.48 Å². The molecule has 4 heteroatoms. The maximum absolute atomic E-state index is 13.0. The molecule has 3 nitrogen and oxygen atoms in total. The van der Waals surface area contributed by atoms with Gasteiger partial charge in [-0.3, -0.25) is 0 Å². The summed E-state index contributed by atoms with van der Waals surface area (Å²) in [5, 5.41) is 0. The first kappa shape index (κ1) is 11.8. The van der Waals surface area contributed by atoms with Gasteiger partial charge in [-0.25, -0.2) is 4.98 Å². The molecule has 0 fully saturated rings. The number of imidazole rings is 1. The molecule has 0 atom stereocenters. The first-order valence-electron chi connectivity index (χ1n) is 5.32. The van der Waals surface area contributed by atoms with Gasteiger partial charge in [0.25, 0.3) is 0 Å². The van der Waals surface area contributed by atoms with Crippen molar-refractivity contribution < 1.29 is 4.48 Å². The van der Waals surface area contributed by atoms with Crippen molar-refractivity contribution in [2.24, 2.45) is 0 Å². The summed E-state index contributed by atoms with van der Waals surface area (Å²) < 4.78 is 13.0. The third-order valence-electron chi connectivity index (χ3n) is 2.38. The molecule has 0 spiro atoms. The molecule has 1 aromatic heterocycles. The van der Waals surface area contributed by atoms with Crippen molar-refractivity contribution in [2.75, 3.05) is 13.1 Å². The number of rotatable bonds is 7. The van der Waals surface area contributed by atoms with E-state index in [1.807, 2.05) is 6.20 Å². The Kier molecular flexibility index (Phi) is 4.87. The minimum atomic E-state index is 0.571. The fraction of sp³-hybridized carbons (Fsp3) is 0.545. The lowest BCUT2D eigenvalue weighted by atomic mass is 10.3. The second-order valence-electron chi connectivity index (χ2n) is 3.52. The lowest BCUT2D eigenvalue weighted by Crippen LogP contribution is -2.21. The first-order valence-corrected chi connectivity index (χ1v) is 5.32. The van der Waals surface area contributed by atoms with Crippen LogP contribution in [-0.4, -0.2) is 27.8 Å². The molecule has 1 rings (SSSR count). The highest BCUT2D eigenvalue weighted by Crippen LogP contribution is 2.03. The number of hydrogen-bond donors (Lipinski definition) is 0. The average Bonchev–Trinajstić information content (AvgIpc) is 2.65. The molecular weight excluding hydrogens is 193 g/mol. The molecule has 0 aliphatic rings. The van der Waals surface area contributed by atoms with Gasteiger partial charge in [0.2, 0.25) is 0 Å². The Bertz CT molecular complexity index is 296. The van der Waals surface area contributed by atoms with E-state index in [4.69, 9.17) is 0 Å². The fourth-order valence-corrected chi connectivity index (χ4v) is 1.39. The van der Waals surface area contributed by atoms with Crippen LogP contribution in [0.25, 0.3) is 0 Å². The van der Waals surface area contributed by atoms with Crippen LogP contribution in [0.3, 0.4) is 0 Å². The molecule has 0 saturated carbocycles. The maximum atomic E-state index is 13.0. The van der Waals surface area contributed by atoms with E-state index < -0.39 is 0 Å². The standard InChI is InChI=1S/C11H18FN3/c1-3-5-7-14(4-2)8-6-11-9-13-10-15(11)12/h4,9-10H,2-3,5-8H2,1H3. The Morgan fingerprint density at radius 1 is 1.60 bits per heavy atom. The van der Waals surface area contributed by atoms with Crippen molar-refractivity contribution in [1.29, 1.82) is 0 Å². The third-order valence-corrected chi connectivity index (χ3v) is 2.38. The molecule has 0 saturated heterocycles. The molecule has 0 amide bonds. The van der Waals surface area contributed by atoms with Gasteiger partial charge in [0.15, 0.2) is 0 Å². The van der Waals surface area contributed by atoms with Crippen LogP contribution in [0.15, 0.2) is 25.3 Å². The molecule has 0 aromatic carbocycles. The Morgan fingerprint density at radius 3 is 2.93 bits per heavy atom. The summed E-state index contributed by atoms with van der Waals surface area (Å²) in [6.45, 7) is 7.67. The predicted octanol–water partition coefficient (Wildman–Crippen LogP) is 2.40. The van der Waals surface area contributed by atoms with E-state index in [-0.39, 0.29) is 0 Å². The highest BCUT2D eigenvalue weighted by atomic mass is 19.2. The molecular formula is C11H18FN3. The lowest BCUT2D eigenvalue weighted by Gasteiger charge is -2.18. The van der Waals surface area contributed by atoms with E-state index >= 15 is 0 Å². The van der Waals surface area contributed by atoms with Gasteiger partial charge in [-0.1, -0.05) is 24.4 Å². The van der Waals surface area contributed by atoms with Crippen LogP contribution < -0.4 is 0 Å². The van der Waals surface area contributed by atoms with Crippen molar-refractivity contribution in [2.45, 2.75) is 26.2 Å². The second-order valence-corrected chi connectivity index (χ2v) is 3.52. The molecule has 84 valence electrons. The molecule has 0 bridgehead atoms. The minimum Gasteiger partial charge on any atom is -0.378 e. The minimum absolute atomic E-state index is 0.571. The van der Waals surface area contributed by atoms with Crippen LogP contribution in [-0.2, 0) is 6.42 Å². The largest absolute Gasteiger partial charge is 0.378 e. The van der Waals surface area contributed by atoms with Gasteiger partial charge in [-0.2, -0.15) is 4.79 Å². The summed E-state index contributed by atoms with van der Waals surface area (Å²) in [4.78, 5) is 6.41. The van der Waals surface area contributed by atoms with Gasteiger partial charge >= 0.3 is 0 Å². The SMILES string of the molecule is C=CN(CCCC)CCc1cncn1F. The van der Waals surface area contributed by atoms with Gasteiger partial charge in [0.1, 0.15) is 6.33 Å². The van der Waals surface area contributed by atoms with Crippen molar-refractivity contribution in [1.82, 2.24) is 14.7 Å². The fourth-order valence-electron chi connectivity index (χ4n) is 1.39. The van der Waals surface area contributed by atoms with Crippen molar-refractivity contribution in [3.05, 3.63) is 31.0 Å². The van der Waals surface area contributed by atoms with Gasteiger partial charge < -0.3 is 4.90 Å². The van der Waals surface area contributed by atoms with Gasteiger partial charge in [0.05, 0.1) is 11.9 Å². The number of nitrogens with zero attached hydrogens (tertiary/aromatic N) is 3. The number of halogens is 1. The third kappa shape index (κ3) is 3.73. The molecule has 0 N–H and O–H groups in total. The van der Waals surface area contributed by atoms with E-state index in [2.05, 4.69) is 23.4 Å². The summed E-state index contributed by atoms with van der Waals surface area (Å²) in [5.41, 5.74) is 0.610. The van der Waals surface area contributed by atoms with Gasteiger partial charge in [-0.05, 0) is 12.6 Å². The molecule has 1 aromatic rings. The molecule has 0 unspecified atom stereocenters.